The molecule has 0 aliphatic carbocycles. The SMILES string of the molecule is CCC1CCCN(Cc2sccc2C#CCO)CC1. The van der Waals surface area contributed by atoms with Crippen molar-refractivity contribution in [2.45, 2.75) is 39.2 Å². The van der Waals surface area contributed by atoms with Gasteiger partial charge in [-0.25, -0.2) is 0 Å². The first-order valence-electron chi connectivity index (χ1n) is 7.22. The van der Waals surface area contributed by atoms with Crippen molar-refractivity contribution in [2.75, 3.05) is 19.7 Å². The molecule has 0 aromatic carbocycles. The van der Waals surface area contributed by atoms with E-state index in [1.165, 1.54) is 43.6 Å². The molecule has 0 radical (unpaired) electrons. The summed E-state index contributed by atoms with van der Waals surface area (Å²) in [4.78, 5) is 3.90. The quantitative estimate of drug-likeness (QED) is 0.858. The van der Waals surface area contributed by atoms with Crippen molar-refractivity contribution in [2.24, 2.45) is 5.92 Å². The number of rotatable bonds is 3. The number of aliphatic hydroxyl groups is 1. The zero-order chi connectivity index (χ0) is 13.5. The molecular weight excluding hydrogens is 254 g/mol. The van der Waals surface area contributed by atoms with Crippen molar-refractivity contribution in [1.82, 2.24) is 4.90 Å². The van der Waals surface area contributed by atoms with Crippen LogP contribution in [-0.2, 0) is 6.54 Å². The van der Waals surface area contributed by atoms with Crippen LogP contribution < -0.4 is 0 Å². The zero-order valence-electron chi connectivity index (χ0n) is 11.7. The largest absolute Gasteiger partial charge is 0.384 e. The molecule has 1 aromatic rings. The maximum absolute atomic E-state index is 8.79. The van der Waals surface area contributed by atoms with Crippen molar-refractivity contribution in [3.05, 3.63) is 21.9 Å². The minimum atomic E-state index is -0.0584. The van der Waals surface area contributed by atoms with E-state index >= 15 is 0 Å². The first-order valence-corrected chi connectivity index (χ1v) is 8.10. The Labute approximate surface area is 120 Å². The Bertz CT molecular complexity index is 443. The van der Waals surface area contributed by atoms with Gasteiger partial charge in [-0.15, -0.1) is 11.3 Å². The summed E-state index contributed by atoms with van der Waals surface area (Å²) < 4.78 is 0. The lowest BCUT2D eigenvalue weighted by atomic mass is 9.98. The second kappa shape index (κ2) is 7.69. The van der Waals surface area contributed by atoms with Gasteiger partial charge in [0.15, 0.2) is 0 Å². The number of thiophene rings is 1. The highest BCUT2D eigenvalue weighted by Gasteiger charge is 2.16. The molecule has 104 valence electrons. The summed E-state index contributed by atoms with van der Waals surface area (Å²) in [5.41, 5.74) is 1.09. The van der Waals surface area contributed by atoms with Crippen molar-refractivity contribution >= 4 is 11.3 Å². The predicted molar refractivity (Wildman–Crippen MR) is 81.2 cm³/mol. The summed E-state index contributed by atoms with van der Waals surface area (Å²) in [5.74, 6) is 6.72. The van der Waals surface area contributed by atoms with Gasteiger partial charge in [0.2, 0.25) is 0 Å². The van der Waals surface area contributed by atoms with Gasteiger partial charge in [-0.2, -0.15) is 0 Å². The third kappa shape index (κ3) is 4.35. The lowest BCUT2D eigenvalue weighted by Gasteiger charge is -2.19. The molecule has 1 atom stereocenters. The fourth-order valence-electron chi connectivity index (χ4n) is 2.70. The van der Waals surface area contributed by atoms with E-state index in [0.717, 1.165) is 18.0 Å². The van der Waals surface area contributed by atoms with Crippen LogP contribution in [0, 0.1) is 17.8 Å². The van der Waals surface area contributed by atoms with Crippen LogP contribution in [0.4, 0.5) is 0 Å². The van der Waals surface area contributed by atoms with E-state index < -0.39 is 0 Å². The van der Waals surface area contributed by atoms with Crippen molar-refractivity contribution in [3.8, 4) is 11.8 Å². The van der Waals surface area contributed by atoms with Crippen LogP contribution in [-0.4, -0.2) is 29.7 Å². The zero-order valence-corrected chi connectivity index (χ0v) is 12.5. The average molecular weight is 277 g/mol. The maximum Gasteiger partial charge on any atom is 0.104 e. The van der Waals surface area contributed by atoms with Gasteiger partial charge in [-0.3, -0.25) is 4.90 Å². The van der Waals surface area contributed by atoms with Gasteiger partial charge in [0, 0.05) is 17.0 Å². The summed E-state index contributed by atoms with van der Waals surface area (Å²) >= 11 is 1.78. The summed E-state index contributed by atoms with van der Waals surface area (Å²) in [6, 6.07) is 2.06. The van der Waals surface area contributed by atoms with E-state index in [1.807, 2.05) is 0 Å². The van der Waals surface area contributed by atoms with E-state index in [9.17, 15) is 0 Å². The van der Waals surface area contributed by atoms with Crippen LogP contribution in [0.5, 0.6) is 0 Å². The smallest absolute Gasteiger partial charge is 0.104 e. The normalized spacial score (nSPS) is 20.6. The molecule has 2 nitrogen and oxygen atoms in total. The molecule has 3 heteroatoms. The van der Waals surface area contributed by atoms with Gasteiger partial charge in [-0.1, -0.05) is 25.2 Å². The topological polar surface area (TPSA) is 23.5 Å². The Kier molecular flexibility index (Phi) is 5.91. The molecule has 1 unspecified atom stereocenters. The molecule has 0 amide bonds. The Hall–Kier alpha value is -0.820. The summed E-state index contributed by atoms with van der Waals surface area (Å²) in [6.45, 7) is 5.69. The number of likely N-dealkylation sites (tertiary alicyclic amines) is 1. The number of hydrogen-bond donors (Lipinski definition) is 1. The molecular formula is C16H23NOS. The molecule has 0 saturated carbocycles. The van der Waals surface area contributed by atoms with Crippen LogP contribution in [0.3, 0.4) is 0 Å². The van der Waals surface area contributed by atoms with Gasteiger partial charge in [0.25, 0.3) is 0 Å². The average Bonchev–Trinajstić information content (AvgIpc) is 2.73. The molecule has 0 bridgehead atoms. The molecule has 2 rings (SSSR count). The first-order chi connectivity index (χ1) is 9.33. The summed E-state index contributed by atoms with van der Waals surface area (Å²) in [6.07, 6.45) is 5.36. The van der Waals surface area contributed by atoms with Crippen LogP contribution >= 0.6 is 11.3 Å². The minimum absolute atomic E-state index is 0.0584. The molecule has 1 aliphatic heterocycles. The van der Waals surface area contributed by atoms with Gasteiger partial charge < -0.3 is 5.11 Å². The number of hydrogen-bond acceptors (Lipinski definition) is 3. The molecule has 0 spiro atoms. The Morgan fingerprint density at radius 2 is 2.32 bits per heavy atom. The highest BCUT2D eigenvalue weighted by atomic mass is 32.1. The third-order valence-electron chi connectivity index (χ3n) is 3.93. The highest BCUT2D eigenvalue weighted by Crippen LogP contribution is 2.23. The number of aliphatic hydroxyl groups excluding tert-OH is 1. The molecule has 1 fully saturated rings. The number of nitrogens with zero attached hydrogens (tertiary/aromatic N) is 1. The third-order valence-corrected chi connectivity index (χ3v) is 4.84. The Morgan fingerprint density at radius 3 is 3.11 bits per heavy atom. The second-order valence-electron chi connectivity index (χ2n) is 5.20. The fraction of sp³-hybridized carbons (Fsp3) is 0.625. The second-order valence-corrected chi connectivity index (χ2v) is 6.20. The lowest BCUT2D eigenvalue weighted by molar-refractivity contribution is 0.274. The van der Waals surface area contributed by atoms with E-state index in [4.69, 9.17) is 5.11 Å². The van der Waals surface area contributed by atoms with Gasteiger partial charge in [-0.05, 0) is 49.7 Å². The van der Waals surface area contributed by atoms with Crippen molar-refractivity contribution in [3.63, 3.8) is 0 Å². The molecule has 1 aromatic heterocycles. The van der Waals surface area contributed by atoms with Crippen LogP contribution in [0.1, 0.15) is 43.0 Å². The monoisotopic (exact) mass is 277 g/mol. The van der Waals surface area contributed by atoms with Crippen LogP contribution in [0.25, 0.3) is 0 Å². The van der Waals surface area contributed by atoms with Gasteiger partial charge >= 0.3 is 0 Å². The Balaban J connectivity index is 1.95. The molecule has 1 aliphatic rings. The lowest BCUT2D eigenvalue weighted by Crippen LogP contribution is -2.24. The summed E-state index contributed by atoms with van der Waals surface area (Å²) in [7, 11) is 0. The maximum atomic E-state index is 8.79. The van der Waals surface area contributed by atoms with E-state index in [0.29, 0.717) is 0 Å². The molecule has 1 saturated heterocycles. The standard InChI is InChI=1S/C16H23NOS/c1-2-14-5-3-9-17(10-7-14)13-16-15(6-4-11-18)8-12-19-16/h8,12,14,18H,2-3,5,7,9-11,13H2,1H3. The minimum Gasteiger partial charge on any atom is -0.384 e. The Morgan fingerprint density at radius 1 is 1.42 bits per heavy atom. The summed E-state index contributed by atoms with van der Waals surface area (Å²) in [5, 5.41) is 10.9. The molecule has 1 N–H and O–H groups in total. The molecule has 2 heterocycles. The van der Waals surface area contributed by atoms with E-state index in [1.54, 1.807) is 11.3 Å². The van der Waals surface area contributed by atoms with Crippen molar-refractivity contribution in [1.29, 1.82) is 0 Å². The fourth-order valence-corrected chi connectivity index (χ4v) is 3.58. The first kappa shape index (κ1) is 14.6. The van der Waals surface area contributed by atoms with Gasteiger partial charge in [0.05, 0.1) is 0 Å². The predicted octanol–water partition coefficient (Wildman–Crippen LogP) is 3.10. The molecule has 19 heavy (non-hydrogen) atoms. The van der Waals surface area contributed by atoms with Crippen molar-refractivity contribution < 1.29 is 5.11 Å². The van der Waals surface area contributed by atoms with Gasteiger partial charge in [0.1, 0.15) is 6.61 Å². The highest BCUT2D eigenvalue weighted by molar-refractivity contribution is 7.10. The van der Waals surface area contributed by atoms with E-state index in [2.05, 4.69) is 35.1 Å². The van der Waals surface area contributed by atoms with Crippen LogP contribution in [0.15, 0.2) is 11.4 Å². The van der Waals surface area contributed by atoms with E-state index in [-0.39, 0.29) is 6.61 Å². The van der Waals surface area contributed by atoms with Crippen LogP contribution in [0.2, 0.25) is 0 Å².